The second-order valence-corrected chi connectivity index (χ2v) is 5.91. The van der Waals surface area contributed by atoms with Crippen molar-refractivity contribution >= 4 is 16.2 Å². The third-order valence-corrected chi connectivity index (χ3v) is 3.93. The molecule has 0 saturated carbocycles. The number of alkyl halides is 3. The summed E-state index contributed by atoms with van der Waals surface area (Å²) in [4.78, 5) is 12.0. The van der Waals surface area contributed by atoms with Crippen molar-refractivity contribution in [3.8, 4) is 5.75 Å². The van der Waals surface area contributed by atoms with Crippen molar-refractivity contribution in [2.45, 2.75) is 18.5 Å². The summed E-state index contributed by atoms with van der Waals surface area (Å²) in [7, 11) is -5.71. The summed E-state index contributed by atoms with van der Waals surface area (Å²) in [5.41, 5.74) is -4.34. The molecule has 0 aromatic heterocycles. The van der Waals surface area contributed by atoms with Crippen LogP contribution in [0.25, 0.3) is 0 Å². The minimum atomic E-state index is -5.71. The fourth-order valence-corrected chi connectivity index (χ4v) is 2.37. The Hall–Kier alpha value is -1.97. The first kappa shape index (κ1) is 15.4. The molecule has 0 unspecified atom stereocenters. The molecule has 21 heavy (non-hydrogen) atoms. The van der Waals surface area contributed by atoms with E-state index in [1.165, 1.54) is 12.1 Å². The van der Waals surface area contributed by atoms with Crippen LogP contribution < -0.4 is 4.18 Å². The Morgan fingerprint density at radius 2 is 1.95 bits per heavy atom. The molecule has 0 radical (unpaired) electrons. The molecule has 0 fully saturated rings. The van der Waals surface area contributed by atoms with Crippen LogP contribution in [0, 0.1) is 0 Å². The van der Waals surface area contributed by atoms with E-state index in [1.54, 1.807) is 0 Å². The van der Waals surface area contributed by atoms with Gasteiger partial charge in [-0.3, -0.25) is 0 Å². The number of rotatable bonds is 2. The molecule has 1 heterocycles. The maximum absolute atomic E-state index is 12.2. The predicted molar refractivity (Wildman–Crippen MR) is 64.2 cm³/mol. The van der Waals surface area contributed by atoms with Crippen LogP contribution in [0.2, 0.25) is 0 Å². The van der Waals surface area contributed by atoms with Crippen molar-refractivity contribution in [1.82, 2.24) is 4.90 Å². The standard InChI is InChI=1S/C11H10F3NO5S/c12-11(13,14)21(18,19)20-9-2-1-8-6-15(10(16)17)4-3-7(8)5-9/h1-2,5H,3-4,6H2,(H,16,17). The lowest BCUT2D eigenvalue weighted by Gasteiger charge is -2.26. The first-order valence-electron chi connectivity index (χ1n) is 5.70. The van der Waals surface area contributed by atoms with E-state index in [1.807, 2.05) is 0 Å². The van der Waals surface area contributed by atoms with Gasteiger partial charge in [-0.15, -0.1) is 0 Å². The number of hydrogen-bond donors (Lipinski definition) is 1. The molecule has 1 N–H and O–H groups in total. The average molecular weight is 325 g/mol. The summed E-state index contributed by atoms with van der Waals surface area (Å²) in [6.07, 6.45) is -0.828. The highest BCUT2D eigenvalue weighted by Gasteiger charge is 2.48. The average Bonchev–Trinajstić information content (AvgIpc) is 2.36. The smallest absolute Gasteiger partial charge is 0.465 e. The number of carbonyl (C=O) groups is 1. The van der Waals surface area contributed by atoms with Crippen LogP contribution in [0.1, 0.15) is 11.1 Å². The number of benzene rings is 1. The second-order valence-electron chi connectivity index (χ2n) is 4.37. The molecule has 0 bridgehead atoms. The first-order valence-corrected chi connectivity index (χ1v) is 7.11. The SMILES string of the molecule is O=C(O)N1CCc2cc(OS(=O)(=O)C(F)(F)F)ccc2C1. The summed E-state index contributed by atoms with van der Waals surface area (Å²) >= 11 is 0. The minimum Gasteiger partial charge on any atom is -0.465 e. The Morgan fingerprint density at radius 1 is 1.29 bits per heavy atom. The van der Waals surface area contributed by atoms with Crippen LogP contribution in [0.15, 0.2) is 18.2 Å². The molecule has 6 nitrogen and oxygen atoms in total. The molecule has 1 aromatic carbocycles. The largest absolute Gasteiger partial charge is 0.534 e. The van der Waals surface area contributed by atoms with E-state index in [9.17, 15) is 26.4 Å². The molecule has 1 aliphatic heterocycles. The Bertz CT molecular complexity index is 671. The number of carboxylic acid groups (broad SMARTS) is 1. The fraction of sp³-hybridized carbons (Fsp3) is 0.364. The van der Waals surface area contributed by atoms with Crippen molar-refractivity contribution in [2.24, 2.45) is 0 Å². The van der Waals surface area contributed by atoms with Gasteiger partial charge in [-0.25, -0.2) is 4.79 Å². The number of hydrogen-bond acceptors (Lipinski definition) is 4. The summed E-state index contributed by atoms with van der Waals surface area (Å²) in [5, 5.41) is 8.86. The number of fused-ring (bicyclic) bond motifs is 1. The van der Waals surface area contributed by atoms with Gasteiger partial charge in [0.2, 0.25) is 0 Å². The molecule has 1 aliphatic rings. The van der Waals surface area contributed by atoms with Gasteiger partial charge in [0.15, 0.2) is 0 Å². The fourth-order valence-electron chi connectivity index (χ4n) is 1.92. The lowest BCUT2D eigenvalue weighted by molar-refractivity contribution is -0.0500. The summed E-state index contributed by atoms with van der Waals surface area (Å²) in [6.45, 7) is 0.273. The predicted octanol–water partition coefficient (Wildman–Crippen LogP) is 1.95. The van der Waals surface area contributed by atoms with Crippen LogP contribution in [0.5, 0.6) is 5.75 Å². The summed E-state index contributed by atoms with van der Waals surface area (Å²) < 4.78 is 62.5. The second kappa shape index (κ2) is 5.10. The minimum absolute atomic E-state index is 0.0942. The van der Waals surface area contributed by atoms with E-state index in [-0.39, 0.29) is 19.5 Å². The molecular formula is C11H10F3NO5S. The molecule has 10 heteroatoms. The van der Waals surface area contributed by atoms with Gasteiger partial charge in [0.05, 0.1) is 0 Å². The molecule has 0 atom stereocenters. The molecule has 0 spiro atoms. The van der Waals surface area contributed by atoms with E-state index in [0.29, 0.717) is 11.1 Å². The molecule has 0 saturated heterocycles. The zero-order chi connectivity index (χ0) is 15.8. The molecular weight excluding hydrogens is 315 g/mol. The van der Waals surface area contributed by atoms with Gasteiger partial charge in [-0.05, 0) is 29.7 Å². The third kappa shape index (κ3) is 3.20. The monoisotopic (exact) mass is 325 g/mol. The van der Waals surface area contributed by atoms with Gasteiger partial charge in [0.25, 0.3) is 0 Å². The summed E-state index contributed by atoms with van der Waals surface area (Å²) in [5.74, 6) is -0.449. The van der Waals surface area contributed by atoms with Crippen LogP contribution in [0.4, 0.5) is 18.0 Å². The Morgan fingerprint density at radius 3 is 2.52 bits per heavy atom. The van der Waals surface area contributed by atoms with Crippen molar-refractivity contribution in [1.29, 1.82) is 0 Å². The van der Waals surface area contributed by atoms with Crippen LogP contribution >= 0.6 is 0 Å². The highest BCUT2D eigenvalue weighted by molar-refractivity contribution is 7.88. The van der Waals surface area contributed by atoms with Gasteiger partial charge in [-0.2, -0.15) is 21.6 Å². The number of amides is 1. The van der Waals surface area contributed by atoms with Crippen LogP contribution in [-0.2, 0) is 23.1 Å². The van der Waals surface area contributed by atoms with Gasteiger partial charge in [-0.1, -0.05) is 6.07 Å². The zero-order valence-corrected chi connectivity index (χ0v) is 11.2. The van der Waals surface area contributed by atoms with Crippen LogP contribution in [0.3, 0.4) is 0 Å². The van der Waals surface area contributed by atoms with Crippen LogP contribution in [-0.4, -0.2) is 36.6 Å². The maximum atomic E-state index is 12.2. The molecule has 2 rings (SSSR count). The Kier molecular flexibility index (Phi) is 3.74. The van der Waals surface area contributed by atoms with Gasteiger partial charge >= 0.3 is 21.7 Å². The normalized spacial score (nSPS) is 15.5. The maximum Gasteiger partial charge on any atom is 0.534 e. The highest BCUT2D eigenvalue weighted by Crippen LogP contribution is 2.29. The number of nitrogens with zero attached hydrogens (tertiary/aromatic N) is 1. The molecule has 1 aromatic rings. The lowest BCUT2D eigenvalue weighted by Crippen LogP contribution is -2.34. The van der Waals surface area contributed by atoms with E-state index >= 15 is 0 Å². The first-order chi connectivity index (χ1) is 9.60. The zero-order valence-electron chi connectivity index (χ0n) is 10.4. The van der Waals surface area contributed by atoms with Crippen molar-refractivity contribution in [2.75, 3.05) is 6.54 Å². The van der Waals surface area contributed by atoms with E-state index in [4.69, 9.17) is 5.11 Å². The van der Waals surface area contributed by atoms with E-state index < -0.39 is 27.5 Å². The van der Waals surface area contributed by atoms with E-state index in [2.05, 4.69) is 4.18 Å². The Balaban J connectivity index is 2.22. The van der Waals surface area contributed by atoms with Gasteiger partial charge in [0.1, 0.15) is 5.75 Å². The topological polar surface area (TPSA) is 83.9 Å². The summed E-state index contributed by atoms with van der Waals surface area (Å²) in [6, 6.07) is 3.59. The van der Waals surface area contributed by atoms with Gasteiger partial charge < -0.3 is 14.2 Å². The Labute approximate surface area is 117 Å². The van der Waals surface area contributed by atoms with Crippen molar-refractivity contribution in [3.63, 3.8) is 0 Å². The van der Waals surface area contributed by atoms with Crippen molar-refractivity contribution < 1.29 is 35.7 Å². The molecule has 116 valence electrons. The van der Waals surface area contributed by atoms with Gasteiger partial charge in [0, 0.05) is 13.1 Å². The quantitative estimate of drug-likeness (QED) is 0.664. The lowest BCUT2D eigenvalue weighted by atomic mass is 10.00. The molecule has 0 aliphatic carbocycles. The number of halogens is 3. The molecule has 1 amide bonds. The highest BCUT2D eigenvalue weighted by atomic mass is 32.2. The van der Waals surface area contributed by atoms with E-state index in [0.717, 1.165) is 11.0 Å². The van der Waals surface area contributed by atoms with Crippen molar-refractivity contribution in [3.05, 3.63) is 29.3 Å². The third-order valence-electron chi connectivity index (χ3n) is 2.95.